The number of amides is 3. The minimum Gasteiger partial charge on any atom is -0.469 e. The van der Waals surface area contributed by atoms with Crippen molar-refractivity contribution in [2.24, 2.45) is 0 Å². The second-order valence-corrected chi connectivity index (χ2v) is 11.7. The third kappa shape index (κ3) is 3.37. The Morgan fingerprint density at radius 3 is 2.05 bits per heavy atom. The van der Waals surface area contributed by atoms with Crippen LogP contribution in [0.25, 0.3) is 0 Å². The molecule has 4 heterocycles. The molecule has 0 unspecified atom stereocenters. The largest absolute Gasteiger partial charge is 0.469 e. The monoisotopic (exact) mass is 565 g/mol. The molecule has 198 valence electrons. The Labute approximate surface area is 240 Å². The summed E-state index contributed by atoms with van der Waals surface area (Å²) in [6.07, 6.45) is 1.51. The number of anilines is 1. The smallest absolute Gasteiger partial charge is 0.290 e. The molecule has 0 radical (unpaired) electrons. The number of carbonyl (C=O) groups excluding carboxylic acids is 3. The van der Waals surface area contributed by atoms with Gasteiger partial charge in [-0.2, -0.15) is 0 Å². The molecule has 4 aromatic rings. The maximum Gasteiger partial charge on any atom is 0.290 e. The van der Waals surface area contributed by atoms with Crippen LogP contribution in [-0.4, -0.2) is 31.7 Å². The van der Waals surface area contributed by atoms with Gasteiger partial charge in [-0.05, 0) is 41.1 Å². The van der Waals surface area contributed by atoms with E-state index in [9.17, 15) is 14.4 Å². The molecule has 0 saturated carbocycles. The summed E-state index contributed by atoms with van der Waals surface area (Å²) in [5, 5.41) is 2.91. The van der Waals surface area contributed by atoms with Gasteiger partial charge in [0.15, 0.2) is 10.3 Å². The first-order valence-electron chi connectivity index (χ1n) is 12.9. The molecule has 1 aromatic heterocycles. The Morgan fingerprint density at radius 1 is 0.775 bits per heavy atom. The number of para-hydroxylation sites is 1. The number of furan rings is 1. The molecular weight excluding hydrogens is 542 g/mol. The van der Waals surface area contributed by atoms with Gasteiger partial charge in [-0.1, -0.05) is 91.1 Å². The Hall–Kier alpha value is -4.21. The number of hydrogen-bond donors (Lipinski definition) is 1. The minimum atomic E-state index is -1.55. The number of thioether (sulfide) groups is 1. The fraction of sp³-hybridized carbons (Fsp3) is 0.161. The highest BCUT2D eigenvalue weighted by molar-refractivity contribution is 8.17. The summed E-state index contributed by atoms with van der Waals surface area (Å²) in [7, 11) is 0. The van der Waals surface area contributed by atoms with Crippen molar-refractivity contribution in [1.82, 2.24) is 10.2 Å². The number of rotatable bonds is 5. The third-order valence-electron chi connectivity index (χ3n) is 7.92. The molecule has 40 heavy (non-hydrogen) atoms. The lowest BCUT2D eigenvalue weighted by molar-refractivity contribution is -0.129. The van der Waals surface area contributed by atoms with Gasteiger partial charge in [0.1, 0.15) is 10.7 Å². The van der Waals surface area contributed by atoms with E-state index in [0.717, 1.165) is 28.6 Å². The lowest BCUT2D eigenvalue weighted by atomic mass is 9.73. The Kier molecular flexibility index (Phi) is 5.69. The lowest BCUT2D eigenvalue weighted by Gasteiger charge is -2.33. The summed E-state index contributed by atoms with van der Waals surface area (Å²) in [6.45, 7) is 0.448. The van der Waals surface area contributed by atoms with Crippen LogP contribution >= 0.6 is 24.0 Å². The maximum atomic E-state index is 14.7. The molecule has 3 amide bonds. The van der Waals surface area contributed by atoms with Crippen molar-refractivity contribution < 1.29 is 18.8 Å². The summed E-state index contributed by atoms with van der Waals surface area (Å²) in [4.78, 5) is 45.7. The van der Waals surface area contributed by atoms with Crippen molar-refractivity contribution in [2.45, 2.75) is 29.3 Å². The van der Waals surface area contributed by atoms with Gasteiger partial charge in [-0.15, -0.1) is 0 Å². The van der Waals surface area contributed by atoms with E-state index in [0.29, 0.717) is 17.9 Å². The number of nitrogens with one attached hydrogen (secondary N) is 1. The molecule has 2 saturated heterocycles. The van der Waals surface area contributed by atoms with Crippen LogP contribution in [0.15, 0.2) is 108 Å². The second-order valence-electron chi connectivity index (χ2n) is 10.1. The molecule has 3 aliphatic rings. The van der Waals surface area contributed by atoms with E-state index in [4.69, 9.17) is 16.6 Å². The van der Waals surface area contributed by atoms with Crippen LogP contribution in [0, 0.1) is 0 Å². The highest BCUT2D eigenvalue weighted by atomic mass is 32.2. The first-order valence-corrected chi connectivity index (χ1v) is 14.1. The van der Waals surface area contributed by atoms with Gasteiger partial charge in [0, 0.05) is 5.56 Å². The number of fused-ring (bicyclic) bond motifs is 2. The molecule has 3 aromatic carbocycles. The van der Waals surface area contributed by atoms with Crippen LogP contribution in [0.3, 0.4) is 0 Å². The Bertz CT molecular complexity index is 1660. The van der Waals surface area contributed by atoms with Gasteiger partial charge in [-0.25, -0.2) is 0 Å². The normalized spacial score (nSPS) is 25.4. The van der Waals surface area contributed by atoms with Crippen molar-refractivity contribution in [3.63, 3.8) is 0 Å². The highest BCUT2D eigenvalue weighted by Crippen LogP contribution is 2.62. The fourth-order valence-corrected chi connectivity index (χ4v) is 7.98. The maximum absolute atomic E-state index is 14.7. The van der Waals surface area contributed by atoms with E-state index in [-0.39, 0.29) is 17.4 Å². The summed E-state index contributed by atoms with van der Waals surface area (Å²) in [5.74, 6) is -1.19. The molecule has 3 atom stereocenters. The topological polar surface area (TPSA) is 82.9 Å². The molecule has 2 fully saturated rings. The predicted molar refractivity (Wildman–Crippen MR) is 156 cm³/mol. The van der Waals surface area contributed by atoms with E-state index in [2.05, 4.69) is 5.32 Å². The van der Waals surface area contributed by atoms with Crippen LogP contribution in [0.4, 0.5) is 10.5 Å². The van der Waals surface area contributed by atoms with Gasteiger partial charge < -0.3 is 14.6 Å². The summed E-state index contributed by atoms with van der Waals surface area (Å²) >= 11 is 6.78. The minimum absolute atomic E-state index is 0.110. The number of carbonyl (C=O) groups is 3. The van der Waals surface area contributed by atoms with Crippen LogP contribution in [0.5, 0.6) is 0 Å². The summed E-state index contributed by atoms with van der Waals surface area (Å²) in [6, 6.07) is 30.1. The molecule has 1 N–H and O–H groups in total. The van der Waals surface area contributed by atoms with Crippen molar-refractivity contribution >= 4 is 51.7 Å². The molecule has 2 spiro atoms. The lowest BCUT2D eigenvalue weighted by Crippen LogP contribution is -2.52. The van der Waals surface area contributed by atoms with E-state index < -0.39 is 27.4 Å². The first-order chi connectivity index (χ1) is 19.5. The Morgan fingerprint density at radius 2 is 1.40 bits per heavy atom. The number of imide groups is 1. The quantitative estimate of drug-likeness (QED) is 0.326. The van der Waals surface area contributed by atoms with Crippen LogP contribution in [-0.2, 0) is 28.2 Å². The van der Waals surface area contributed by atoms with Crippen molar-refractivity contribution in [3.05, 3.63) is 126 Å². The molecule has 3 aliphatic heterocycles. The average Bonchev–Trinajstić information content (AvgIpc) is 3.70. The SMILES string of the molecule is O=C1S[C@@]2(C(=O)N1Cc1ccccc1)C(=S)N[C@]1(C(=O)N(Cc3ccccc3)c3ccccc31)[C@H]2c1ccco1. The third-order valence-corrected chi connectivity index (χ3v) is 9.80. The molecule has 9 heteroatoms. The van der Waals surface area contributed by atoms with E-state index in [1.54, 1.807) is 17.0 Å². The molecule has 7 nitrogen and oxygen atoms in total. The number of hydrogen-bond acceptors (Lipinski definition) is 6. The van der Waals surface area contributed by atoms with Crippen LogP contribution in [0.2, 0.25) is 0 Å². The number of nitrogens with zero attached hydrogens (tertiary/aromatic N) is 2. The summed E-state index contributed by atoms with van der Waals surface area (Å²) < 4.78 is 4.38. The van der Waals surface area contributed by atoms with Crippen LogP contribution in [0.1, 0.15) is 28.4 Å². The molecule has 0 aliphatic carbocycles. The molecule has 0 bridgehead atoms. The van der Waals surface area contributed by atoms with E-state index in [1.807, 2.05) is 84.9 Å². The highest BCUT2D eigenvalue weighted by Gasteiger charge is 2.76. The molecule has 7 rings (SSSR count). The van der Waals surface area contributed by atoms with Crippen LogP contribution < -0.4 is 10.2 Å². The Balaban J connectivity index is 1.38. The first kappa shape index (κ1) is 24.8. The zero-order valence-corrected chi connectivity index (χ0v) is 22.8. The van der Waals surface area contributed by atoms with E-state index in [1.165, 1.54) is 11.2 Å². The van der Waals surface area contributed by atoms with Gasteiger partial charge in [0.2, 0.25) is 0 Å². The standard InChI is InChI=1S/C31H23N3O4S2/c35-27-30(22-14-7-8-15-23(22)33(27)18-20-10-3-1-4-11-20)25(24-16-9-17-38-24)31(26(39)32-30)28(36)34(29(37)40-31)19-21-12-5-2-6-13-21/h1-17,25H,18-19H2,(H,32,39)/t25-,30+,31-/m1/s1. The predicted octanol–water partition coefficient (Wildman–Crippen LogP) is 5.37. The average molecular weight is 566 g/mol. The van der Waals surface area contributed by atoms with Crippen molar-refractivity contribution in [3.8, 4) is 0 Å². The second kappa shape index (κ2) is 9.18. The van der Waals surface area contributed by atoms with Crippen molar-refractivity contribution in [2.75, 3.05) is 4.90 Å². The fourth-order valence-electron chi connectivity index (χ4n) is 6.20. The number of benzene rings is 3. The number of thiocarbonyl (C=S) groups is 1. The van der Waals surface area contributed by atoms with Crippen molar-refractivity contribution in [1.29, 1.82) is 0 Å². The summed E-state index contributed by atoms with van der Waals surface area (Å²) in [5.41, 5.74) is 1.76. The molecular formula is C31H23N3O4S2. The van der Waals surface area contributed by atoms with Gasteiger partial charge in [-0.3, -0.25) is 19.3 Å². The van der Waals surface area contributed by atoms with Gasteiger partial charge in [0.05, 0.1) is 31.0 Å². The van der Waals surface area contributed by atoms with Gasteiger partial charge >= 0.3 is 0 Å². The zero-order valence-electron chi connectivity index (χ0n) is 21.2. The van der Waals surface area contributed by atoms with E-state index >= 15 is 0 Å². The zero-order chi connectivity index (χ0) is 27.5. The van der Waals surface area contributed by atoms with Gasteiger partial charge in [0.25, 0.3) is 17.1 Å².